The Kier molecular flexibility index (Phi) is 6.21. The molecule has 0 aliphatic heterocycles. The van der Waals surface area contributed by atoms with E-state index in [1.165, 1.54) is 11.3 Å². The molecule has 0 fully saturated rings. The van der Waals surface area contributed by atoms with Crippen LogP contribution in [0.1, 0.15) is 33.8 Å². The second kappa shape index (κ2) is 8.87. The van der Waals surface area contributed by atoms with Crippen LogP contribution in [0, 0.1) is 0 Å². The number of fused-ring (bicyclic) bond motifs is 1. The minimum absolute atomic E-state index is 0.116. The minimum atomic E-state index is -0.162. The quantitative estimate of drug-likeness (QED) is 0.236. The van der Waals surface area contributed by atoms with Gasteiger partial charge in [-0.05, 0) is 30.2 Å². The van der Waals surface area contributed by atoms with Crippen molar-refractivity contribution in [3.05, 3.63) is 75.6 Å². The van der Waals surface area contributed by atoms with Crippen LogP contribution < -0.4 is 11.1 Å². The van der Waals surface area contributed by atoms with Gasteiger partial charge in [-0.3, -0.25) is 4.79 Å². The van der Waals surface area contributed by atoms with Crippen molar-refractivity contribution in [1.82, 2.24) is 15.3 Å². The first-order valence-electron chi connectivity index (χ1n) is 9.24. The van der Waals surface area contributed by atoms with Gasteiger partial charge in [0.1, 0.15) is 4.83 Å². The summed E-state index contributed by atoms with van der Waals surface area (Å²) in [4.78, 5) is 22.8. The Labute approximate surface area is 196 Å². The molecule has 152 valence electrons. The molecule has 8 heteroatoms. The molecule has 0 aliphatic carbocycles. The molecule has 0 aliphatic rings. The lowest BCUT2D eigenvalue weighted by Gasteiger charge is -2.13. The first kappa shape index (κ1) is 21.0. The molecule has 0 bridgehead atoms. The van der Waals surface area contributed by atoms with Crippen LogP contribution >= 0.6 is 45.5 Å². The zero-order chi connectivity index (χ0) is 21.3. The Morgan fingerprint density at radius 1 is 1.20 bits per heavy atom. The Morgan fingerprint density at radius 2 is 1.97 bits per heavy atom. The number of aromatic nitrogens is 2. The summed E-state index contributed by atoms with van der Waals surface area (Å²) in [6, 6.07) is 17.4. The van der Waals surface area contributed by atoms with E-state index in [4.69, 9.17) is 17.3 Å². The smallest absolute Gasteiger partial charge is 0.261 e. The third-order valence-electron chi connectivity index (χ3n) is 4.72. The molecule has 2 aromatic heterocycles. The van der Waals surface area contributed by atoms with Crippen LogP contribution in [0.3, 0.4) is 0 Å². The van der Waals surface area contributed by atoms with Gasteiger partial charge in [-0.1, -0.05) is 76.7 Å². The predicted octanol–water partition coefficient (Wildman–Crippen LogP) is 6.02. The Hall–Kier alpha value is -2.23. The summed E-state index contributed by atoms with van der Waals surface area (Å²) in [6.07, 6.45) is 0. The van der Waals surface area contributed by atoms with Crippen LogP contribution in [-0.4, -0.2) is 15.9 Å². The van der Waals surface area contributed by atoms with Crippen molar-refractivity contribution >= 4 is 67.6 Å². The summed E-state index contributed by atoms with van der Waals surface area (Å²) in [6.45, 7) is 1.96. The average molecular weight is 549 g/mol. The van der Waals surface area contributed by atoms with Gasteiger partial charge >= 0.3 is 0 Å². The topological polar surface area (TPSA) is 80.9 Å². The van der Waals surface area contributed by atoms with E-state index >= 15 is 0 Å². The van der Waals surface area contributed by atoms with Crippen LogP contribution in [0.4, 0.5) is 5.95 Å². The van der Waals surface area contributed by atoms with Gasteiger partial charge in [0.2, 0.25) is 5.95 Å². The van der Waals surface area contributed by atoms with Crippen LogP contribution in [0.2, 0.25) is 5.02 Å². The third-order valence-corrected chi connectivity index (χ3v) is 6.95. The molecule has 1 amide bonds. The highest BCUT2D eigenvalue weighted by Gasteiger charge is 2.19. The van der Waals surface area contributed by atoms with Crippen molar-refractivity contribution in [3.63, 3.8) is 0 Å². The van der Waals surface area contributed by atoms with E-state index in [2.05, 4.69) is 37.9 Å². The lowest BCUT2D eigenvalue weighted by molar-refractivity contribution is 0.0944. The van der Waals surface area contributed by atoms with Gasteiger partial charge in [0.15, 0.2) is 0 Å². The number of carbonyl (C=O) groups is 1. The van der Waals surface area contributed by atoms with E-state index in [0.717, 1.165) is 26.5 Å². The molecule has 1 atom stereocenters. The number of benzene rings is 2. The van der Waals surface area contributed by atoms with Gasteiger partial charge < -0.3 is 11.1 Å². The van der Waals surface area contributed by atoms with Crippen LogP contribution in [-0.2, 0) is 4.43 Å². The number of nitrogens with one attached hydrogen (secondary N) is 1. The molecule has 5 nitrogen and oxygen atoms in total. The van der Waals surface area contributed by atoms with E-state index in [0.29, 0.717) is 20.4 Å². The summed E-state index contributed by atoms with van der Waals surface area (Å²) in [5.74, 6) is -0.0109. The maximum Gasteiger partial charge on any atom is 0.261 e. The largest absolute Gasteiger partial charge is 0.368 e. The number of hydrogen-bond acceptors (Lipinski definition) is 5. The number of halogens is 2. The van der Waals surface area contributed by atoms with Crippen LogP contribution in [0.15, 0.2) is 54.6 Å². The molecule has 3 N–H and O–H groups in total. The van der Waals surface area contributed by atoms with Crippen LogP contribution in [0.25, 0.3) is 21.5 Å². The van der Waals surface area contributed by atoms with Crippen molar-refractivity contribution in [2.24, 2.45) is 0 Å². The highest BCUT2D eigenvalue weighted by atomic mass is 127. The van der Waals surface area contributed by atoms with Gasteiger partial charge in [-0.25, -0.2) is 9.97 Å². The maximum absolute atomic E-state index is 12.9. The zero-order valence-electron chi connectivity index (χ0n) is 16.0. The van der Waals surface area contributed by atoms with E-state index in [9.17, 15) is 4.79 Å². The first-order valence-corrected chi connectivity index (χ1v) is 12.0. The number of anilines is 1. The molecule has 0 spiro atoms. The summed E-state index contributed by atoms with van der Waals surface area (Å²) in [5, 5.41) is 4.39. The maximum atomic E-state index is 12.9. The van der Waals surface area contributed by atoms with Crippen molar-refractivity contribution in [1.29, 1.82) is 0 Å². The van der Waals surface area contributed by atoms with Gasteiger partial charge in [0.25, 0.3) is 5.91 Å². The van der Waals surface area contributed by atoms with Crippen molar-refractivity contribution < 1.29 is 4.79 Å². The molecule has 0 saturated heterocycles. The first-order chi connectivity index (χ1) is 14.5. The number of thiophene rings is 1. The standard InChI is InChI=1S/C22H18ClIN4OS/c1-12(14-5-3-2-4-6-14)26-20(29)18-10-16-19(27-22(25)28-21(16)30-18)15-8-7-13(11-24)9-17(15)23/h2-10,12H,11H2,1H3,(H,26,29)(H2,25,27,28)/t12-/m0/s1. The van der Waals surface area contributed by atoms with Gasteiger partial charge in [0.05, 0.1) is 21.6 Å². The summed E-state index contributed by atoms with van der Waals surface area (Å²) in [5.41, 5.74) is 9.52. The Morgan fingerprint density at radius 3 is 2.67 bits per heavy atom. The van der Waals surface area contributed by atoms with Gasteiger partial charge in [-0.15, -0.1) is 11.3 Å². The van der Waals surface area contributed by atoms with Gasteiger partial charge in [-0.2, -0.15) is 0 Å². The molecule has 4 aromatic rings. The molecule has 0 saturated carbocycles. The lowest BCUT2D eigenvalue weighted by atomic mass is 10.1. The molecular weight excluding hydrogens is 531 g/mol. The Bertz CT molecular complexity index is 1230. The SMILES string of the molecule is C[C@H](NC(=O)c1cc2c(-c3ccc(CI)cc3Cl)nc(N)nc2s1)c1ccccc1. The third kappa shape index (κ3) is 4.28. The normalized spacial score (nSPS) is 12.1. The number of carbonyl (C=O) groups excluding carboxylic acids is 1. The highest BCUT2D eigenvalue weighted by Crippen LogP contribution is 2.36. The average Bonchev–Trinajstić information content (AvgIpc) is 3.18. The monoisotopic (exact) mass is 548 g/mol. The Balaban J connectivity index is 1.71. The number of hydrogen-bond donors (Lipinski definition) is 2. The minimum Gasteiger partial charge on any atom is -0.368 e. The number of amides is 1. The van der Waals surface area contributed by atoms with Crippen molar-refractivity contribution in [2.45, 2.75) is 17.4 Å². The van der Waals surface area contributed by atoms with Crippen molar-refractivity contribution in [3.8, 4) is 11.3 Å². The molecular formula is C22H18ClIN4OS. The molecule has 0 radical (unpaired) electrons. The molecule has 2 aromatic carbocycles. The fourth-order valence-electron chi connectivity index (χ4n) is 3.18. The van der Waals surface area contributed by atoms with E-state index < -0.39 is 0 Å². The summed E-state index contributed by atoms with van der Waals surface area (Å²) < 4.78 is 0.863. The molecule has 4 rings (SSSR count). The number of alkyl halides is 1. The second-order valence-electron chi connectivity index (χ2n) is 6.81. The summed E-state index contributed by atoms with van der Waals surface area (Å²) in [7, 11) is 0. The van der Waals surface area contributed by atoms with E-state index in [1.807, 2.05) is 61.5 Å². The number of rotatable bonds is 5. The number of nitrogens with two attached hydrogens (primary N) is 1. The van der Waals surface area contributed by atoms with E-state index in [1.54, 1.807) is 0 Å². The fourth-order valence-corrected chi connectivity index (χ4v) is 4.89. The van der Waals surface area contributed by atoms with Gasteiger partial charge in [0, 0.05) is 15.4 Å². The second-order valence-corrected chi connectivity index (χ2v) is 9.01. The molecule has 2 heterocycles. The lowest BCUT2D eigenvalue weighted by Crippen LogP contribution is -2.25. The zero-order valence-corrected chi connectivity index (χ0v) is 19.8. The molecule has 0 unspecified atom stereocenters. The fraction of sp³-hybridized carbons (Fsp3) is 0.136. The predicted molar refractivity (Wildman–Crippen MR) is 132 cm³/mol. The van der Waals surface area contributed by atoms with Crippen molar-refractivity contribution in [2.75, 3.05) is 5.73 Å². The highest BCUT2D eigenvalue weighted by molar-refractivity contribution is 14.1. The van der Waals surface area contributed by atoms with E-state index in [-0.39, 0.29) is 17.9 Å². The summed E-state index contributed by atoms with van der Waals surface area (Å²) >= 11 is 10.1. The van der Waals surface area contributed by atoms with Crippen LogP contribution in [0.5, 0.6) is 0 Å². The molecule has 30 heavy (non-hydrogen) atoms. The number of nitrogen functional groups attached to an aromatic ring is 1. The number of nitrogens with zero attached hydrogens (tertiary/aromatic N) is 2.